The molecule has 1 rings (SSSR count). The maximum Gasteiger partial charge on any atom is 0.454 e. The molecule has 0 atom stereocenters. The highest BCUT2D eigenvalue weighted by Crippen LogP contribution is 2.28. The van der Waals surface area contributed by atoms with Crippen molar-refractivity contribution in [3.8, 4) is 0 Å². The Morgan fingerprint density at radius 1 is 1.24 bits per heavy atom. The van der Waals surface area contributed by atoms with Gasteiger partial charge in [-0.2, -0.15) is 13.2 Å². The molecule has 0 aliphatic carbocycles. The molecule has 0 fully saturated rings. The second-order valence-corrected chi connectivity index (χ2v) is 4.86. The van der Waals surface area contributed by atoms with E-state index in [1.165, 1.54) is 23.9 Å². The van der Waals surface area contributed by atoms with Crippen LogP contribution in [0.4, 0.5) is 13.2 Å². The molecular formula is C12H13F3OS. The number of Topliss-reactive ketones (excluding diaryl/α,β-unsaturated/α-hetero) is 1. The van der Waals surface area contributed by atoms with Crippen molar-refractivity contribution in [3.63, 3.8) is 0 Å². The molecule has 1 aromatic carbocycles. The summed E-state index contributed by atoms with van der Waals surface area (Å²) in [4.78, 5) is 11.8. The standard InChI is InChI=1S/C12H13F3OS/c1-7(2)8-4-9(6-10(5-8)17-3)11(16)12(13,14)15/h4-7H,1-3H3. The second kappa shape index (κ2) is 5.12. The normalized spacial score (nSPS) is 11.9. The fourth-order valence-corrected chi connectivity index (χ4v) is 1.87. The number of benzene rings is 1. The zero-order valence-electron chi connectivity index (χ0n) is 9.76. The summed E-state index contributed by atoms with van der Waals surface area (Å²) >= 11 is 1.32. The average Bonchev–Trinajstić information content (AvgIpc) is 2.26. The van der Waals surface area contributed by atoms with Crippen LogP contribution in [-0.4, -0.2) is 18.2 Å². The summed E-state index contributed by atoms with van der Waals surface area (Å²) in [5, 5.41) is 0. The number of hydrogen-bond donors (Lipinski definition) is 0. The monoisotopic (exact) mass is 262 g/mol. The minimum atomic E-state index is -4.81. The first-order chi connectivity index (χ1) is 7.75. The molecule has 0 bridgehead atoms. The van der Waals surface area contributed by atoms with Crippen LogP contribution in [0, 0.1) is 0 Å². The van der Waals surface area contributed by atoms with Crippen LogP contribution in [0.25, 0.3) is 0 Å². The predicted molar refractivity (Wildman–Crippen MR) is 62.7 cm³/mol. The van der Waals surface area contributed by atoms with Gasteiger partial charge in [-0.1, -0.05) is 13.8 Å². The SMILES string of the molecule is CSc1cc(C(=O)C(F)(F)F)cc(C(C)C)c1. The number of carbonyl (C=O) groups excluding carboxylic acids is 1. The summed E-state index contributed by atoms with van der Waals surface area (Å²) in [6.45, 7) is 3.75. The van der Waals surface area contributed by atoms with E-state index in [0.29, 0.717) is 4.90 Å². The average molecular weight is 262 g/mol. The molecule has 0 aliphatic rings. The van der Waals surface area contributed by atoms with Gasteiger partial charge in [0.2, 0.25) is 0 Å². The Hall–Kier alpha value is -0.970. The van der Waals surface area contributed by atoms with E-state index in [2.05, 4.69) is 0 Å². The lowest BCUT2D eigenvalue weighted by Crippen LogP contribution is -2.22. The van der Waals surface area contributed by atoms with Crippen LogP contribution in [0.2, 0.25) is 0 Å². The van der Waals surface area contributed by atoms with E-state index in [-0.39, 0.29) is 11.5 Å². The summed E-state index contributed by atoms with van der Waals surface area (Å²) in [6.07, 6.45) is -3.05. The molecule has 0 unspecified atom stereocenters. The third kappa shape index (κ3) is 3.49. The van der Waals surface area contributed by atoms with Gasteiger partial charge >= 0.3 is 6.18 Å². The number of alkyl halides is 3. The number of ketones is 1. The summed E-state index contributed by atoms with van der Waals surface area (Å²) < 4.78 is 37.0. The van der Waals surface area contributed by atoms with E-state index in [1.54, 1.807) is 6.26 Å². The van der Waals surface area contributed by atoms with Gasteiger partial charge in [0.25, 0.3) is 5.78 Å². The van der Waals surface area contributed by atoms with Crippen LogP contribution in [0.15, 0.2) is 23.1 Å². The van der Waals surface area contributed by atoms with Crippen LogP contribution in [0.3, 0.4) is 0 Å². The Morgan fingerprint density at radius 3 is 2.24 bits per heavy atom. The zero-order chi connectivity index (χ0) is 13.2. The lowest BCUT2D eigenvalue weighted by Gasteiger charge is -2.11. The first-order valence-corrected chi connectivity index (χ1v) is 6.28. The predicted octanol–water partition coefficient (Wildman–Crippen LogP) is 4.28. The molecule has 1 aromatic rings. The van der Waals surface area contributed by atoms with Crippen molar-refractivity contribution in [3.05, 3.63) is 29.3 Å². The van der Waals surface area contributed by atoms with Crippen molar-refractivity contribution >= 4 is 17.5 Å². The van der Waals surface area contributed by atoms with Crippen LogP contribution in [-0.2, 0) is 0 Å². The molecule has 5 heteroatoms. The zero-order valence-corrected chi connectivity index (χ0v) is 10.6. The van der Waals surface area contributed by atoms with Gasteiger partial charge in [0, 0.05) is 10.5 Å². The highest BCUT2D eigenvalue weighted by molar-refractivity contribution is 7.98. The molecule has 0 spiro atoms. The molecule has 1 nitrogen and oxygen atoms in total. The minimum Gasteiger partial charge on any atom is -0.284 e. The Morgan fingerprint density at radius 2 is 1.82 bits per heavy atom. The van der Waals surface area contributed by atoms with Crippen LogP contribution in [0.1, 0.15) is 35.7 Å². The van der Waals surface area contributed by atoms with Gasteiger partial charge in [0.05, 0.1) is 0 Å². The molecule has 17 heavy (non-hydrogen) atoms. The first kappa shape index (κ1) is 14.1. The fraction of sp³-hybridized carbons (Fsp3) is 0.417. The molecule has 0 heterocycles. The van der Waals surface area contributed by atoms with Gasteiger partial charge in [0.1, 0.15) is 0 Å². The Labute approximate surface area is 102 Å². The lowest BCUT2D eigenvalue weighted by atomic mass is 9.99. The molecule has 0 saturated heterocycles. The summed E-state index contributed by atoms with van der Waals surface area (Å²) in [5.74, 6) is -1.70. The largest absolute Gasteiger partial charge is 0.454 e. The number of rotatable bonds is 3. The van der Waals surface area contributed by atoms with Crippen molar-refractivity contribution in [2.24, 2.45) is 0 Å². The van der Waals surface area contributed by atoms with Crippen LogP contribution >= 0.6 is 11.8 Å². The first-order valence-electron chi connectivity index (χ1n) is 5.06. The number of halogens is 3. The Balaban J connectivity index is 3.25. The molecule has 94 valence electrons. The van der Waals surface area contributed by atoms with E-state index < -0.39 is 12.0 Å². The van der Waals surface area contributed by atoms with Crippen molar-refractivity contribution in [2.45, 2.75) is 30.8 Å². The quantitative estimate of drug-likeness (QED) is 0.597. The Bertz CT molecular complexity index is 424. The lowest BCUT2D eigenvalue weighted by molar-refractivity contribution is -0.0885. The molecule has 0 N–H and O–H groups in total. The highest BCUT2D eigenvalue weighted by Gasteiger charge is 2.39. The summed E-state index contributed by atoms with van der Waals surface area (Å²) in [5.41, 5.74) is 0.456. The number of hydrogen-bond acceptors (Lipinski definition) is 2. The van der Waals surface area contributed by atoms with E-state index in [1.807, 2.05) is 19.9 Å². The number of thioether (sulfide) groups is 1. The van der Waals surface area contributed by atoms with Crippen molar-refractivity contribution in [1.29, 1.82) is 0 Å². The topological polar surface area (TPSA) is 17.1 Å². The molecule has 0 aliphatic heterocycles. The molecule has 0 aromatic heterocycles. The van der Waals surface area contributed by atoms with Gasteiger partial charge in [0.15, 0.2) is 0 Å². The molecule has 0 radical (unpaired) electrons. The molecule has 0 saturated carbocycles. The van der Waals surface area contributed by atoms with Gasteiger partial charge in [-0.05, 0) is 35.9 Å². The van der Waals surface area contributed by atoms with E-state index in [9.17, 15) is 18.0 Å². The van der Waals surface area contributed by atoms with Crippen molar-refractivity contribution in [2.75, 3.05) is 6.26 Å². The Kier molecular flexibility index (Phi) is 4.25. The summed E-state index contributed by atoms with van der Waals surface area (Å²) in [7, 11) is 0. The maximum absolute atomic E-state index is 12.3. The summed E-state index contributed by atoms with van der Waals surface area (Å²) in [6, 6.07) is 4.41. The van der Waals surface area contributed by atoms with Gasteiger partial charge in [-0.3, -0.25) is 4.79 Å². The molecule has 0 amide bonds. The number of carbonyl (C=O) groups is 1. The van der Waals surface area contributed by atoms with Crippen LogP contribution in [0.5, 0.6) is 0 Å². The van der Waals surface area contributed by atoms with Gasteiger partial charge in [-0.25, -0.2) is 0 Å². The van der Waals surface area contributed by atoms with E-state index in [0.717, 1.165) is 5.56 Å². The van der Waals surface area contributed by atoms with Crippen LogP contribution < -0.4 is 0 Å². The van der Waals surface area contributed by atoms with Crippen molar-refractivity contribution < 1.29 is 18.0 Å². The third-order valence-electron chi connectivity index (χ3n) is 2.35. The fourth-order valence-electron chi connectivity index (χ4n) is 1.37. The molecular weight excluding hydrogens is 249 g/mol. The van der Waals surface area contributed by atoms with Crippen molar-refractivity contribution in [1.82, 2.24) is 0 Å². The van der Waals surface area contributed by atoms with E-state index >= 15 is 0 Å². The minimum absolute atomic E-state index is 0.0851. The third-order valence-corrected chi connectivity index (χ3v) is 3.06. The highest BCUT2D eigenvalue weighted by atomic mass is 32.2. The maximum atomic E-state index is 12.3. The van der Waals surface area contributed by atoms with Gasteiger partial charge < -0.3 is 0 Å². The van der Waals surface area contributed by atoms with E-state index in [4.69, 9.17) is 0 Å². The second-order valence-electron chi connectivity index (χ2n) is 3.98. The smallest absolute Gasteiger partial charge is 0.284 e. The van der Waals surface area contributed by atoms with Gasteiger partial charge in [-0.15, -0.1) is 11.8 Å².